The Bertz CT molecular complexity index is 935. The van der Waals surface area contributed by atoms with Crippen LogP contribution in [0.15, 0.2) is 77.9 Å². The number of terminal acetylenes is 1. The van der Waals surface area contributed by atoms with E-state index in [1.54, 1.807) is 0 Å². The van der Waals surface area contributed by atoms with Gasteiger partial charge in [-0.05, 0) is 73.1 Å². The van der Waals surface area contributed by atoms with Crippen molar-refractivity contribution in [1.82, 2.24) is 10.6 Å². The molecule has 0 radical (unpaired) electrons. The third-order valence-electron chi connectivity index (χ3n) is 6.55. The highest BCUT2D eigenvalue weighted by molar-refractivity contribution is 8.14. The second-order valence-corrected chi connectivity index (χ2v) is 12.6. The lowest BCUT2D eigenvalue weighted by Crippen LogP contribution is -2.40. The largest absolute Gasteiger partial charge is 0.387 e. The zero-order chi connectivity index (χ0) is 26.3. The number of hydrogen-bond acceptors (Lipinski definition) is 2. The summed E-state index contributed by atoms with van der Waals surface area (Å²) in [4.78, 5) is 1.25. The van der Waals surface area contributed by atoms with Gasteiger partial charge in [0.15, 0.2) is 0 Å². The Labute approximate surface area is 228 Å². The van der Waals surface area contributed by atoms with Crippen molar-refractivity contribution in [1.29, 1.82) is 0 Å². The summed E-state index contributed by atoms with van der Waals surface area (Å²) in [5.41, 5.74) is 0.993. The van der Waals surface area contributed by atoms with E-state index in [0.717, 1.165) is 41.9 Å². The monoisotopic (exact) mass is 524 g/mol. The van der Waals surface area contributed by atoms with E-state index < -0.39 is 0 Å². The van der Waals surface area contributed by atoms with Crippen LogP contribution in [0.4, 0.5) is 0 Å². The summed E-state index contributed by atoms with van der Waals surface area (Å²) in [6.45, 7) is 13.0. The summed E-state index contributed by atoms with van der Waals surface area (Å²) < 4.78 is 0. The van der Waals surface area contributed by atoms with E-state index in [2.05, 4.69) is 98.4 Å². The molecule has 0 saturated heterocycles. The molecule has 36 heavy (non-hydrogen) atoms. The fourth-order valence-corrected chi connectivity index (χ4v) is 5.92. The van der Waals surface area contributed by atoms with Crippen LogP contribution in [0.2, 0.25) is 5.02 Å². The van der Waals surface area contributed by atoms with Gasteiger partial charge in [0, 0.05) is 28.6 Å². The molecule has 0 bridgehead atoms. The van der Waals surface area contributed by atoms with E-state index in [9.17, 15) is 0 Å². The molecule has 0 aromatic heterocycles. The first-order valence-corrected chi connectivity index (χ1v) is 15.1. The molecule has 196 valence electrons. The third kappa shape index (κ3) is 11.8. The summed E-state index contributed by atoms with van der Waals surface area (Å²) in [5, 5.41) is 8.08. The normalized spacial score (nSPS) is 16.8. The molecule has 0 fully saturated rings. The molecule has 4 heteroatoms. The van der Waals surface area contributed by atoms with E-state index in [1.807, 2.05) is 12.1 Å². The maximum absolute atomic E-state index is 6.11. The molecule has 2 nitrogen and oxygen atoms in total. The van der Waals surface area contributed by atoms with Gasteiger partial charge in [0.1, 0.15) is 0 Å². The average molecular weight is 525 g/mol. The van der Waals surface area contributed by atoms with Crippen LogP contribution in [0.1, 0.15) is 46.5 Å². The standard InChI is InChI=1S/C32H45ClN2S/c1-7-12-32(27(5)34-22-26(4)16-15-25(2)3)35-23-29(21-28-13-10-8-9-11-14-28)24-36(6)31-19-17-30(33)18-20-31/h1,8-11,13-14,17-20,25-26,28-29,32,34-35H,5-6,12,15-16,21-24H2,2-4H3/t26?,29-,32-,36?/m0/s1. The second-order valence-electron chi connectivity index (χ2n) is 10.4. The molecule has 1 aromatic rings. The van der Waals surface area contributed by atoms with Crippen molar-refractivity contribution in [3.05, 3.63) is 78.0 Å². The van der Waals surface area contributed by atoms with E-state index in [1.165, 1.54) is 17.7 Å². The van der Waals surface area contributed by atoms with Crippen molar-refractivity contribution in [3.8, 4) is 12.3 Å². The van der Waals surface area contributed by atoms with Crippen LogP contribution in [-0.4, -0.2) is 30.8 Å². The van der Waals surface area contributed by atoms with Crippen LogP contribution < -0.4 is 10.6 Å². The Hall–Kier alpha value is -1.99. The zero-order valence-corrected chi connectivity index (χ0v) is 24.0. The van der Waals surface area contributed by atoms with Crippen LogP contribution in [-0.2, 0) is 0 Å². The molecule has 0 spiro atoms. The minimum atomic E-state index is -0.116. The highest BCUT2D eigenvalue weighted by atomic mass is 35.5. The maximum Gasteiger partial charge on any atom is 0.0574 e. The fraction of sp³-hybridized carbons (Fsp3) is 0.469. The number of rotatable bonds is 16. The summed E-state index contributed by atoms with van der Waals surface area (Å²) in [7, 11) is -0.116. The van der Waals surface area contributed by atoms with Gasteiger partial charge in [-0.25, -0.2) is 0 Å². The maximum atomic E-state index is 6.11. The number of benzene rings is 1. The van der Waals surface area contributed by atoms with Gasteiger partial charge in [-0.2, -0.15) is 10.5 Å². The summed E-state index contributed by atoms with van der Waals surface area (Å²) in [6, 6.07) is 8.17. The first kappa shape index (κ1) is 30.2. The Morgan fingerprint density at radius 3 is 2.33 bits per heavy atom. The van der Waals surface area contributed by atoms with Gasteiger partial charge < -0.3 is 10.6 Å². The first-order chi connectivity index (χ1) is 17.3. The molecule has 0 amide bonds. The molecule has 0 aliphatic heterocycles. The predicted molar refractivity (Wildman–Crippen MR) is 164 cm³/mol. The van der Waals surface area contributed by atoms with E-state index in [4.69, 9.17) is 18.0 Å². The molecule has 0 saturated carbocycles. The van der Waals surface area contributed by atoms with Crippen molar-refractivity contribution >= 4 is 28.0 Å². The number of halogens is 1. The van der Waals surface area contributed by atoms with Crippen molar-refractivity contribution in [2.45, 2.75) is 57.4 Å². The molecular formula is C32H45ClN2S. The molecule has 1 aliphatic carbocycles. The highest BCUT2D eigenvalue weighted by Gasteiger charge is 2.19. The lowest BCUT2D eigenvalue weighted by molar-refractivity contribution is 0.411. The number of hydrogen-bond donors (Lipinski definition) is 2. The van der Waals surface area contributed by atoms with Crippen LogP contribution in [0.5, 0.6) is 0 Å². The van der Waals surface area contributed by atoms with Crippen LogP contribution in [0.25, 0.3) is 0 Å². The van der Waals surface area contributed by atoms with Gasteiger partial charge >= 0.3 is 0 Å². The number of nitrogens with one attached hydrogen (secondary N) is 2. The quantitative estimate of drug-likeness (QED) is 0.170. The second kappa shape index (κ2) is 16.7. The van der Waals surface area contributed by atoms with Crippen LogP contribution >= 0.6 is 22.1 Å². The predicted octanol–water partition coefficient (Wildman–Crippen LogP) is 7.86. The smallest absolute Gasteiger partial charge is 0.0574 e. The molecule has 1 aromatic carbocycles. The van der Waals surface area contributed by atoms with Crippen molar-refractivity contribution in [2.24, 2.45) is 23.7 Å². The van der Waals surface area contributed by atoms with Gasteiger partial charge in [0.25, 0.3) is 0 Å². The van der Waals surface area contributed by atoms with Gasteiger partial charge in [-0.1, -0.05) is 87.7 Å². The lowest BCUT2D eigenvalue weighted by atomic mass is 9.94. The van der Waals surface area contributed by atoms with Crippen molar-refractivity contribution in [3.63, 3.8) is 0 Å². The van der Waals surface area contributed by atoms with E-state index >= 15 is 0 Å². The zero-order valence-electron chi connectivity index (χ0n) is 22.4. The first-order valence-electron chi connectivity index (χ1n) is 13.2. The van der Waals surface area contributed by atoms with Crippen molar-refractivity contribution in [2.75, 3.05) is 18.8 Å². The Morgan fingerprint density at radius 1 is 1.06 bits per heavy atom. The Balaban J connectivity index is 2.02. The van der Waals surface area contributed by atoms with Gasteiger partial charge in [-0.3, -0.25) is 0 Å². The van der Waals surface area contributed by atoms with Gasteiger partial charge in [-0.15, -0.1) is 12.3 Å². The van der Waals surface area contributed by atoms with E-state index in [0.29, 0.717) is 24.2 Å². The van der Waals surface area contributed by atoms with Gasteiger partial charge in [0.2, 0.25) is 0 Å². The molecule has 2 unspecified atom stereocenters. The molecule has 2 N–H and O–H groups in total. The molecule has 0 heterocycles. The molecule has 2 rings (SSSR count). The van der Waals surface area contributed by atoms with Crippen LogP contribution in [0, 0.1) is 36.0 Å². The summed E-state index contributed by atoms with van der Waals surface area (Å²) in [5.74, 6) is 10.6. The minimum Gasteiger partial charge on any atom is -0.387 e. The minimum absolute atomic E-state index is 0.0545. The van der Waals surface area contributed by atoms with Crippen molar-refractivity contribution < 1.29 is 0 Å². The van der Waals surface area contributed by atoms with Gasteiger partial charge in [0.05, 0.1) is 6.04 Å². The fourth-order valence-electron chi connectivity index (χ4n) is 4.26. The summed E-state index contributed by atoms with van der Waals surface area (Å²) >= 11 is 6.11. The van der Waals surface area contributed by atoms with Crippen LogP contribution in [0.3, 0.4) is 0 Å². The summed E-state index contributed by atoms with van der Waals surface area (Å²) in [6.07, 6.45) is 22.9. The molecule has 4 atom stereocenters. The third-order valence-corrected chi connectivity index (χ3v) is 8.61. The Morgan fingerprint density at radius 2 is 1.72 bits per heavy atom. The molecule has 1 aliphatic rings. The van der Waals surface area contributed by atoms with E-state index in [-0.39, 0.29) is 16.5 Å². The molecular weight excluding hydrogens is 480 g/mol. The topological polar surface area (TPSA) is 24.1 Å². The highest BCUT2D eigenvalue weighted by Crippen LogP contribution is 2.31. The number of allylic oxidation sites excluding steroid dienone is 6. The SMILES string of the molecule is C#CC[C@H](NC[C@H](CC1C=CC=CC=C1)CS(=C)c1ccc(Cl)cc1)C(=C)NCC(C)CCC(C)C. The lowest BCUT2D eigenvalue weighted by Gasteiger charge is -2.27. The average Bonchev–Trinajstić information content (AvgIpc) is 3.12. The Kier molecular flexibility index (Phi) is 14.0.